The zero-order valence-electron chi connectivity index (χ0n) is 8.24. The highest BCUT2D eigenvalue weighted by Gasteiger charge is 2.19. The van der Waals surface area contributed by atoms with Crippen molar-refractivity contribution in [1.29, 1.82) is 0 Å². The molecule has 0 amide bonds. The highest BCUT2D eigenvalue weighted by molar-refractivity contribution is 5.22. The Labute approximate surface area is 81.0 Å². The molecule has 0 heteroatoms. The zero-order chi connectivity index (χ0) is 9.10. The Kier molecular flexibility index (Phi) is 2.68. The van der Waals surface area contributed by atoms with Gasteiger partial charge in [-0.15, -0.1) is 0 Å². The molecule has 0 nitrogen and oxygen atoms in total. The molecule has 0 N–H and O–H groups in total. The molecule has 1 aliphatic carbocycles. The number of benzene rings is 1. The Bertz CT molecular complexity index is 250. The molecule has 0 saturated heterocycles. The molecule has 2 unspecified atom stereocenters. The fraction of sp³-hybridized carbons (Fsp3) is 0.462. The van der Waals surface area contributed by atoms with Crippen LogP contribution in [0.4, 0.5) is 0 Å². The van der Waals surface area contributed by atoms with Crippen molar-refractivity contribution in [3.63, 3.8) is 0 Å². The number of hydrogen-bond donors (Lipinski definition) is 0. The van der Waals surface area contributed by atoms with Crippen molar-refractivity contribution in [3.8, 4) is 0 Å². The average Bonchev–Trinajstić information content (AvgIpc) is 2.19. The summed E-state index contributed by atoms with van der Waals surface area (Å²) in [6.07, 6.45) is 6.49. The van der Waals surface area contributed by atoms with Crippen LogP contribution in [0.15, 0.2) is 30.3 Å². The monoisotopic (exact) mass is 173 g/mol. The van der Waals surface area contributed by atoms with Gasteiger partial charge in [0, 0.05) is 0 Å². The van der Waals surface area contributed by atoms with Crippen LogP contribution in [0, 0.1) is 12.3 Å². The van der Waals surface area contributed by atoms with Crippen LogP contribution in [-0.2, 0) is 0 Å². The minimum atomic E-state index is 0.713. The molecule has 0 bridgehead atoms. The van der Waals surface area contributed by atoms with Crippen molar-refractivity contribution in [3.05, 3.63) is 42.3 Å². The van der Waals surface area contributed by atoms with Gasteiger partial charge >= 0.3 is 0 Å². The summed E-state index contributed by atoms with van der Waals surface area (Å²) in [6, 6.07) is 10.9. The second kappa shape index (κ2) is 3.95. The zero-order valence-corrected chi connectivity index (χ0v) is 8.24. The van der Waals surface area contributed by atoms with E-state index in [2.05, 4.69) is 43.7 Å². The molecule has 1 fully saturated rings. The van der Waals surface area contributed by atoms with Gasteiger partial charge in [-0.25, -0.2) is 0 Å². The van der Waals surface area contributed by atoms with E-state index in [1.807, 2.05) is 0 Å². The maximum Gasteiger partial charge on any atom is -0.0128 e. The van der Waals surface area contributed by atoms with Gasteiger partial charge in [-0.2, -0.15) is 0 Å². The van der Waals surface area contributed by atoms with E-state index < -0.39 is 0 Å². The molecule has 0 heterocycles. The van der Waals surface area contributed by atoms with Crippen LogP contribution < -0.4 is 0 Å². The topological polar surface area (TPSA) is 0 Å². The predicted octanol–water partition coefficient (Wildman–Crippen LogP) is 3.79. The normalized spacial score (nSPS) is 28.7. The third-order valence-corrected chi connectivity index (χ3v) is 2.99. The second-order valence-electron chi connectivity index (χ2n) is 4.17. The minimum Gasteiger partial charge on any atom is -0.0625 e. The van der Waals surface area contributed by atoms with E-state index in [4.69, 9.17) is 0 Å². The van der Waals surface area contributed by atoms with Gasteiger partial charge < -0.3 is 0 Å². The molecule has 2 rings (SSSR count). The molecular formula is C13H17. The van der Waals surface area contributed by atoms with Gasteiger partial charge in [-0.05, 0) is 36.7 Å². The van der Waals surface area contributed by atoms with Crippen LogP contribution in [0.2, 0.25) is 0 Å². The molecule has 0 spiro atoms. The van der Waals surface area contributed by atoms with Crippen LogP contribution in [0.3, 0.4) is 0 Å². The molecule has 0 aliphatic heterocycles. The molecule has 0 aromatic heterocycles. The summed E-state index contributed by atoms with van der Waals surface area (Å²) in [5.74, 6) is 1.61. The predicted molar refractivity (Wildman–Crippen MR) is 56.5 cm³/mol. The standard InChI is InChI=1S/C13H17/c1-11-6-5-9-13(10-11)12-7-3-2-4-8-12/h2-4,7-9,11,13H,5-6,10H2,1H3. The summed E-state index contributed by atoms with van der Waals surface area (Å²) in [5, 5.41) is 0. The van der Waals surface area contributed by atoms with Gasteiger partial charge in [-0.1, -0.05) is 43.7 Å². The minimum absolute atomic E-state index is 0.713. The molecular weight excluding hydrogens is 156 g/mol. The van der Waals surface area contributed by atoms with Crippen molar-refractivity contribution in [2.45, 2.75) is 32.1 Å². The summed E-state index contributed by atoms with van der Waals surface area (Å²) in [4.78, 5) is 0. The highest BCUT2D eigenvalue weighted by atomic mass is 14.2. The quantitative estimate of drug-likeness (QED) is 0.606. The molecule has 69 valence electrons. The third-order valence-electron chi connectivity index (χ3n) is 2.99. The first-order valence-corrected chi connectivity index (χ1v) is 5.24. The van der Waals surface area contributed by atoms with Gasteiger partial charge in [-0.3, -0.25) is 0 Å². The lowest BCUT2D eigenvalue weighted by atomic mass is 9.79. The van der Waals surface area contributed by atoms with E-state index in [-0.39, 0.29) is 0 Å². The SMILES string of the molecule is CC1CC[CH]C(c2ccccc2)C1. The lowest BCUT2D eigenvalue weighted by Gasteiger charge is -2.26. The highest BCUT2D eigenvalue weighted by Crippen LogP contribution is 2.34. The fourth-order valence-corrected chi connectivity index (χ4v) is 2.20. The summed E-state index contributed by atoms with van der Waals surface area (Å²) < 4.78 is 0. The smallest absolute Gasteiger partial charge is 0.0128 e. The summed E-state index contributed by atoms with van der Waals surface area (Å²) in [7, 11) is 0. The van der Waals surface area contributed by atoms with E-state index in [9.17, 15) is 0 Å². The van der Waals surface area contributed by atoms with Crippen molar-refractivity contribution >= 4 is 0 Å². The molecule has 1 aliphatic rings. The lowest BCUT2D eigenvalue weighted by molar-refractivity contribution is 0.404. The molecule has 1 aromatic rings. The van der Waals surface area contributed by atoms with Crippen molar-refractivity contribution in [2.24, 2.45) is 5.92 Å². The van der Waals surface area contributed by atoms with Crippen molar-refractivity contribution < 1.29 is 0 Å². The fourth-order valence-electron chi connectivity index (χ4n) is 2.20. The van der Waals surface area contributed by atoms with Crippen LogP contribution in [0.5, 0.6) is 0 Å². The first-order chi connectivity index (χ1) is 6.36. The second-order valence-corrected chi connectivity index (χ2v) is 4.17. The van der Waals surface area contributed by atoms with Gasteiger partial charge in [0.15, 0.2) is 0 Å². The number of rotatable bonds is 1. The molecule has 2 atom stereocenters. The first-order valence-electron chi connectivity index (χ1n) is 5.24. The Hall–Kier alpha value is -0.780. The maximum atomic E-state index is 2.48. The largest absolute Gasteiger partial charge is 0.0625 e. The van der Waals surface area contributed by atoms with Crippen LogP contribution in [0.1, 0.15) is 37.7 Å². The molecule has 1 radical (unpaired) electrons. The Morgan fingerprint density at radius 2 is 1.92 bits per heavy atom. The third kappa shape index (κ3) is 2.12. The Balaban J connectivity index is 2.08. The Morgan fingerprint density at radius 3 is 2.62 bits per heavy atom. The summed E-state index contributed by atoms with van der Waals surface area (Å²) in [5.41, 5.74) is 1.49. The molecule has 13 heavy (non-hydrogen) atoms. The van der Waals surface area contributed by atoms with E-state index >= 15 is 0 Å². The first kappa shape index (κ1) is 8.80. The van der Waals surface area contributed by atoms with Crippen LogP contribution >= 0.6 is 0 Å². The Morgan fingerprint density at radius 1 is 1.15 bits per heavy atom. The van der Waals surface area contributed by atoms with Crippen LogP contribution in [0.25, 0.3) is 0 Å². The van der Waals surface area contributed by atoms with E-state index in [1.165, 1.54) is 24.8 Å². The van der Waals surface area contributed by atoms with E-state index in [0.29, 0.717) is 5.92 Å². The summed E-state index contributed by atoms with van der Waals surface area (Å²) >= 11 is 0. The van der Waals surface area contributed by atoms with E-state index in [1.54, 1.807) is 0 Å². The lowest BCUT2D eigenvalue weighted by Crippen LogP contribution is -2.12. The molecule has 1 saturated carbocycles. The van der Waals surface area contributed by atoms with Crippen LogP contribution in [-0.4, -0.2) is 0 Å². The molecule has 1 aromatic carbocycles. The van der Waals surface area contributed by atoms with Crippen molar-refractivity contribution in [2.75, 3.05) is 0 Å². The van der Waals surface area contributed by atoms with Gasteiger partial charge in [0.25, 0.3) is 0 Å². The number of hydrogen-bond acceptors (Lipinski definition) is 0. The summed E-state index contributed by atoms with van der Waals surface area (Å²) in [6.45, 7) is 2.36. The maximum absolute atomic E-state index is 2.48. The van der Waals surface area contributed by atoms with E-state index in [0.717, 1.165) is 5.92 Å². The van der Waals surface area contributed by atoms with Crippen molar-refractivity contribution in [1.82, 2.24) is 0 Å². The average molecular weight is 173 g/mol. The van der Waals surface area contributed by atoms with Gasteiger partial charge in [0.1, 0.15) is 0 Å². The van der Waals surface area contributed by atoms with Gasteiger partial charge in [0.2, 0.25) is 0 Å². The van der Waals surface area contributed by atoms with Gasteiger partial charge in [0.05, 0.1) is 0 Å².